The van der Waals surface area contributed by atoms with Gasteiger partial charge in [-0.1, -0.05) is 0 Å². The monoisotopic (exact) mass is 386 g/mol. The molecule has 0 radical (unpaired) electrons. The maximum absolute atomic E-state index is 12.5. The third kappa shape index (κ3) is 3.92. The first-order valence-electron chi connectivity index (χ1n) is 6.08. The lowest BCUT2D eigenvalue weighted by atomic mass is 10.4. The fourth-order valence-corrected chi connectivity index (χ4v) is 5.97. The number of thiophene rings is 1. The molecule has 1 aromatic rings. The summed E-state index contributed by atoms with van der Waals surface area (Å²) in [5, 5.41) is 0. The van der Waals surface area contributed by atoms with Crippen LogP contribution in [0.15, 0.2) is 20.1 Å². The Morgan fingerprint density at radius 2 is 2.05 bits per heavy atom. The average molecular weight is 388 g/mol. The predicted octanol–water partition coefficient (Wildman–Crippen LogP) is 2.45. The molecule has 0 atom stereocenters. The number of hydrogen-bond donors (Lipinski definition) is 0. The van der Waals surface area contributed by atoms with Gasteiger partial charge in [0.1, 0.15) is 4.21 Å². The van der Waals surface area contributed by atoms with Crippen molar-refractivity contribution in [1.29, 1.82) is 0 Å². The molecule has 1 aliphatic rings. The highest BCUT2D eigenvalue weighted by Crippen LogP contribution is 2.28. The summed E-state index contributed by atoms with van der Waals surface area (Å²) in [7, 11) is -3.34. The number of alkyl halides is 1. The van der Waals surface area contributed by atoms with Gasteiger partial charge in [0.15, 0.2) is 0 Å². The first-order valence-corrected chi connectivity index (χ1v) is 9.66. The normalized spacial score (nSPS) is 19.5. The molecule has 1 aromatic heterocycles. The molecular weight excluding hydrogens is 372 g/mol. The first kappa shape index (κ1) is 15.7. The molecule has 108 valence electrons. The SMILES string of the molecule is O=S(=O)(c1ccc(Br)s1)N1CCCN(CCCl)CC1. The third-order valence-electron chi connectivity index (χ3n) is 3.09. The first-order chi connectivity index (χ1) is 9.04. The highest BCUT2D eigenvalue weighted by molar-refractivity contribution is 9.11. The molecule has 2 heterocycles. The van der Waals surface area contributed by atoms with Crippen molar-refractivity contribution in [2.75, 3.05) is 38.6 Å². The van der Waals surface area contributed by atoms with Gasteiger partial charge in [0.05, 0.1) is 3.79 Å². The van der Waals surface area contributed by atoms with E-state index in [2.05, 4.69) is 20.8 Å². The van der Waals surface area contributed by atoms with E-state index in [0.29, 0.717) is 23.2 Å². The molecule has 8 heteroatoms. The van der Waals surface area contributed by atoms with Crippen molar-refractivity contribution in [3.05, 3.63) is 15.9 Å². The van der Waals surface area contributed by atoms with Gasteiger partial charge in [-0.2, -0.15) is 4.31 Å². The van der Waals surface area contributed by atoms with Crippen LogP contribution in [0.25, 0.3) is 0 Å². The highest BCUT2D eigenvalue weighted by atomic mass is 79.9. The van der Waals surface area contributed by atoms with Crippen LogP contribution in [0.3, 0.4) is 0 Å². The molecule has 19 heavy (non-hydrogen) atoms. The van der Waals surface area contributed by atoms with Crippen LogP contribution < -0.4 is 0 Å². The summed E-state index contributed by atoms with van der Waals surface area (Å²) in [5.41, 5.74) is 0. The Morgan fingerprint density at radius 3 is 2.68 bits per heavy atom. The lowest BCUT2D eigenvalue weighted by molar-refractivity contribution is 0.303. The average Bonchev–Trinajstić information content (AvgIpc) is 2.66. The Hall–Kier alpha value is 0.340. The smallest absolute Gasteiger partial charge is 0.252 e. The fraction of sp³-hybridized carbons (Fsp3) is 0.636. The maximum atomic E-state index is 12.5. The topological polar surface area (TPSA) is 40.6 Å². The Balaban J connectivity index is 2.09. The number of sulfonamides is 1. The zero-order valence-corrected chi connectivity index (χ0v) is 14.4. The quantitative estimate of drug-likeness (QED) is 0.745. The molecule has 0 unspecified atom stereocenters. The summed E-state index contributed by atoms with van der Waals surface area (Å²) < 4.78 is 27.8. The zero-order valence-electron chi connectivity index (χ0n) is 10.4. The minimum atomic E-state index is -3.34. The van der Waals surface area contributed by atoms with Gasteiger partial charge in [0.2, 0.25) is 0 Å². The minimum absolute atomic E-state index is 0.408. The van der Waals surface area contributed by atoms with Gasteiger partial charge in [0.25, 0.3) is 10.0 Å². The van der Waals surface area contributed by atoms with E-state index in [0.717, 1.165) is 29.8 Å². The standard InChI is InChI=1S/C11H16BrClN2O2S2/c12-10-2-3-11(18-10)19(16,17)15-6-1-5-14(7-4-13)8-9-15/h2-3H,1,4-9H2. The number of halogens is 2. The van der Waals surface area contributed by atoms with Gasteiger partial charge in [-0.05, 0) is 41.0 Å². The summed E-state index contributed by atoms with van der Waals surface area (Å²) in [5.74, 6) is 0.588. The van der Waals surface area contributed by atoms with Crippen molar-refractivity contribution in [3.8, 4) is 0 Å². The van der Waals surface area contributed by atoms with Gasteiger partial charge < -0.3 is 4.90 Å². The van der Waals surface area contributed by atoms with Gasteiger partial charge in [-0.15, -0.1) is 22.9 Å². The second-order valence-corrected chi connectivity index (χ2v) is 9.35. The summed E-state index contributed by atoms with van der Waals surface area (Å²) in [6.45, 7) is 3.59. The van der Waals surface area contributed by atoms with Gasteiger partial charge in [0, 0.05) is 32.1 Å². The molecule has 1 saturated heterocycles. The largest absolute Gasteiger partial charge is 0.301 e. The molecule has 0 spiro atoms. The Bertz CT molecular complexity index is 521. The van der Waals surface area contributed by atoms with E-state index in [-0.39, 0.29) is 0 Å². The maximum Gasteiger partial charge on any atom is 0.252 e. The third-order valence-corrected chi connectivity index (χ3v) is 7.25. The summed E-state index contributed by atoms with van der Waals surface area (Å²) in [6.07, 6.45) is 0.850. The second kappa shape index (κ2) is 6.87. The molecule has 0 amide bonds. The van der Waals surface area contributed by atoms with Crippen LogP contribution in [-0.4, -0.2) is 56.2 Å². The number of nitrogens with zero attached hydrogens (tertiary/aromatic N) is 2. The molecule has 0 aromatic carbocycles. The number of hydrogen-bond acceptors (Lipinski definition) is 4. The van der Waals surface area contributed by atoms with Crippen LogP contribution >= 0.6 is 38.9 Å². The van der Waals surface area contributed by atoms with Crippen LogP contribution in [0.1, 0.15) is 6.42 Å². The Morgan fingerprint density at radius 1 is 1.26 bits per heavy atom. The van der Waals surface area contributed by atoms with E-state index < -0.39 is 10.0 Å². The molecule has 1 aliphatic heterocycles. The molecule has 0 saturated carbocycles. The molecule has 1 fully saturated rings. The van der Waals surface area contributed by atoms with Crippen molar-refractivity contribution >= 4 is 48.9 Å². The zero-order chi connectivity index (χ0) is 13.9. The van der Waals surface area contributed by atoms with Gasteiger partial charge >= 0.3 is 0 Å². The highest BCUT2D eigenvalue weighted by Gasteiger charge is 2.27. The summed E-state index contributed by atoms with van der Waals surface area (Å²) in [6, 6.07) is 3.43. The van der Waals surface area contributed by atoms with Crippen LogP contribution in [0.2, 0.25) is 0 Å². The Kier molecular flexibility index (Phi) is 5.68. The molecule has 4 nitrogen and oxygen atoms in total. The van der Waals surface area contributed by atoms with Crippen molar-refractivity contribution in [1.82, 2.24) is 9.21 Å². The van der Waals surface area contributed by atoms with Crippen LogP contribution in [0.5, 0.6) is 0 Å². The Labute approximate surface area is 131 Å². The lowest BCUT2D eigenvalue weighted by Gasteiger charge is -2.20. The van der Waals surface area contributed by atoms with E-state index in [4.69, 9.17) is 11.6 Å². The molecule has 2 rings (SSSR count). The van der Waals surface area contributed by atoms with Gasteiger partial charge in [-0.3, -0.25) is 0 Å². The fourth-order valence-electron chi connectivity index (χ4n) is 2.09. The molecule has 0 aliphatic carbocycles. The van der Waals surface area contributed by atoms with Crippen molar-refractivity contribution in [3.63, 3.8) is 0 Å². The van der Waals surface area contributed by atoms with Crippen molar-refractivity contribution < 1.29 is 8.42 Å². The molecule has 0 bridgehead atoms. The molecular formula is C11H16BrClN2O2S2. The number of rotatable bonds is 4. The van der Waals surface area contributed by atoms with E-state index in [1.807, 2.05) is 0 Å². The van der Waals surface area contributed by atoms with Crippen LogP contribution in [-0.2, 0) is 10.0 Å². The van der Waals surface area contributed by atoms with Crippen LogP contribution in [0, 0.1) is 0 Å². The minimum Gasteiger partial charge on any atom is -0.301 e. The van der Waals surface area contributed by atoms with E-state index >= 15 is 0 Å². The summed E-state index contributed by atoms with van der Waals surface area (Å²) >= 11 is 10.3. The lowest BCUT2D eigenvalue weighted by Crippen LogP contribution is -2.35. The molecule has 0 N–H and O–H groups in total. The van der Waals surface area contributed by atoms with E-state index in [1.54, 1.807) is 16.4 Å². The van der Waals surface area contributed by atoms with Crippen molar-refractivity contribution in [2.24, 2.45) is 0 Å². The van der Waals surface area contributed by atoms with Crippen LogP contribution in [0.4, 0.5) is 0 Å². The van der Waals surface area contributed by atoms with Crippen molar-refractivity contribution in [2.45, 2.75) is 10.6 Å². The van der Waals surface area contributed by atoms with Gasteiger partial charge in [-0.25, -0.2) is 8.42 Å². The summed E-state index contributed by atoms with van der Waals surface area (Å²) in [4.78, 5) is 2.22. The van der Waals surface area contributed by atoms with E-state index in [9.17, 15) is 8.42 Å². The predicted molar refractivity (Wildman–Crippen MR) is 82.6 cm³/mol. The van der Waals surface area contributed by atoms with E-state index in [1.165, 1.54) is 11.3 Å². The second-order valence-electron chi connectivity index (χ2n) is 4.35.